The number of aliphatic hydroxyl groups is 1. The van der Waals surface area contributed by atoms with Crippen molar-refractivity contribution in [2.45, 2.75) is 32.8 Å². The Morgan fingerprint density at radius 3 is 2.81 bits per heavy atom. The van der Waals surface area contributed by atoms with Crippen molar-refractivity contribution >= 4 is 6.03 Å². The van der Waals surface area contributed by atoms with Crippen LogP contribution in [0.15, 0.2) is 18.2 Å². The molecule has 116 valence electrons. The van der Waals surface area contributed by atoms with Gasteiger partial charge in [-0.05, 0) is 37.8 Å². The maximum atomic E-state index is 11.9. The second kappa shape index (κ2) is 7.31. The monoisotopic (exact) mass is 292 g/mol. The maximum absolute atomic E-state index is 11.9. The summed E-state index contributed by atoms with van der Waals surface area (Å²) in [6.45, 7) is 6.04. The molecule has 2 amide bonds. The lowest BCUT2D eigenvalue weighted by Crippen LogP contribution is -2.47. The Morgan fingerprint density at radius 2 is 2.14 bits per heavy atom. The number of likely N-dealkylation sites (tertiary alicyclic amines) is 1. The number of benzene rings is 1. The Labute approximate surface area is 125 Å². The van der Waals surface area contributed by atoms with Crippen molar-refractivity contribution in [3.05, 3.63) is 29.3 Å². The molecule has 0 spiro atoms. The molecule has 1 saturated heterocycles. The molecule has 1 fully saturated rings. The summed E-state index contributed by atoms with van der Waals surface area (Å²) in [5.41, 5.74) is 2.20. The lowest BCUT2D eigenvalue weighted by atomic mass is 10.1. The topological polar surface area (TPSA) is 61.8 Å². The fourth-order valence-corrected chi connectivity index (χ4v) is 2.59. The van der Waals surface area contributed by atoms with Crippen LogP contribution < -0.4 is 10.1 Å². The largest absolute Gasteiger partial charge is 0.491 e. The first-order valence-electron chi connectivity index (χ1n) is 7.48. The Balaban J connectivity index is 1.73. The molecule has 1 aliphatic heterocycles. The number of carbonyl (C=O) groups excluding carboxylic acids is 1. The van der Waals surface area contributed by atoms with E-state index in [1.54, 1.807) is 4.90 Å². The first kappa shape index (κ1) is 15.6. The van der Waals surface area contributed by atoms with Crippen LogP contribution in [-0.2, 0) is 0 Å². The van der Waals surface area contributed by atoms with Gasteiger partial charge < -0.3 is 20.1 Å². The number of amides is 2. The molecule has 21 heavy (non-hydrogen) atoms. The first-order chi connectivity index (χ1) is 10.1. The quantitative estimate of drug-likeness (QED) is 0.833. The number of piperidine rings is 1. The molecule has 1 atom stereocenters. The molecule has 1 aromatic rings. The summed E-state index contributed by atoms with van der Waals surface area (Å²) in [5, 5.41) is 12.4. The zero-order chi connectivity index (χ0) is 15.2. The van der Waals surface area contributed by atoms with Crippen molar-refractivity contribution < 1.29 is 14.6 Å². The average molecular weight is 292 g/mol. The molecule has 1 aromatic carbocycles. The molecule has 1 heterocycles. The second-order valence-corrected chi connectivity index (χ2v) is 5.54. The van der Waals surface area contributed by atoms with E-state index >= 15 is 0 Å². The van der Waals surface area contributed by atoms with Gasteiger partial charge in [-0.1, -0.05) is 18.2 Å². The van der Waals surface area contributed by atoms with Crippen molar-refractivity contribution in [2.75, 3.05) is 26.2 Å². The number of hydrogen-bond acceptors (Lipinski definition) is 3. The minimum absolute atomic E-state index is 0.126. The Bertz CT molecular complexity index is 470. The summed E-state index contributed by atoms with van der Waals surface area (Å²) < 4.78 is 5.74. The van der Waals surface area contributed by atoms with E-state index in [2.05, 4.69) is 5.32 Å². The van der Waals surface area contributed by atoms with Gasteiger partial charge in [0.25, 0.3) is 0 Å². The third-order valence-electron chi connectivity index (χ3n) is 3.72. The third kappa shape index (κ3) is 4.36. The Kier molecular flexibility index (Phi) is 5.44. The highest BCUT2D eigenvalue weighted by atomic mass is 16.5. The summed E-state index contributed by atoms with van der Waals surface area (Å²) >= 11 is 0. The van der Waals surface area contributed by atoms with Crippen LogP contribution in [0.3, 0.4) is 0 Å². The van der Waals surface area contributed by atoms with Crippen LogP contribution >= 0.6 is 0 Å². The van der Waals surface area contributed by atoms with Crippen LogP contribution in [0.5, 0.6) is 5.75 Å². The Morgan fingerprint density at radius 1 is 1.43 bits per heavy atom. The van der Waals surface area contributed by atoms with Gasteiger partial charge in [0.05, 0.1) is 12.6 Å². The highest BCUT2D eigenvalue weighted by molar-refractivity contribution is 5.74. The highest BCUT2D eigenvalue weighted by Gasteiger charge is 2.21. The molecule has 1 aliphatic rings. The zero-order valence-electron chi connectivity index (χ0n) is 12.8. The molecule has 0 aliphatic carbocycles. The predicted molar refractivity (Wildman–Crippen MR) is 81.6 cm³/mol. The molecule has 5 nitrogen and oxygen atoms in total. The lowest BCUT2D eigenvalue weighted by Gasteiger charge is -2.30. The fourth-order valence-electron chi connectivity index (χ4n) is 2.59. The maximum Gasteiger partial charge on any atom is 0.317 e. The summed E-state index contributed by atoms with van der Waals surface area (Å²) in [5.74, 6) is 0.889. The van der Waals surface area contributed by atoms with Crippen molar-refractivity contribution in [3.63, 3.8) is 0 Å². The number of nitrogens with zero attached hydrogens (tertiary/aromatic N) is 1. The van der Waals surface area contributed by atoms with Gasteiger partial charge in [0.2, 0.25) is 0 Å². The van der Waals surface area contributed by atoms with Crippen molar-refractivity contribution in [3.8, 4) is 5.75 Å². The number of ether oxygens (including phenoxy) is 1. The fraction of sp³-hybridized carbons (Fsp3) is 0.562. The van der Waals surface area contributed by atoms with E-state index in [4.69, 9.17) is 4.74 Å². The number of hydrogen-bond donors (Lipinski definition) is 2. The molecule has 0 bridgehead atoms. The normalized spacial score (nSPS) is 18.4. The second-order valence-electron chi connectivity index (χ2n) is 5.54. The van der Waals surface area contributed by atoms with E-state index in [0.29, 0.717) is 26.2 Å². The molecule has 0 aromatic heterocycles. The van der Waals surface area contributed by atoms with Crippen LogP contribution in [0.2, 0.25) is 0 Å². The number of urea groups is 1. The highest BCUT2D eigenvalue weighted by Crippen LogP contribution is 2.21. The summed E-state index contributed by atoms with van der Waals surface area (Å²) in [7, 11) is 0. The van der Waals surface area contributed by atoms with Crippen LogP contribution in [0, 0.1) is 13.8 Å². The minimum Gasteiger partial charge on any atom is -0.491 e. The van der Waals surface area contributed by atoms with Gasteiger partial charge in [0, 0.05) is 13.1 Å². The van der Waals surface area contributed by atoms with E-state index in [9.17, 15) is 9.90 Å². The number of nitrogens with one attached hydrogen (secondary N) is 1. The smallest absolute Gasteiger partial charge is 0.317 e. The molecule has 0 radical (unpaired) electrons. The van der Waals surface area contributed by atoms with E-state index in [1.807, 2.05) is 32.0 Å². The molecular weight excluding hydrogens is 268 g/mol. The number of aliphatic hydroxyl groups excluding tert-OH is 1. The Hall–Kier alpha value is -1.75. The number of carbonyl (C=O) groups is 1. The molecule has 5 heteroatoms. The van der Waals surface area contributed by atoms with E-state index < -0.39 is 6.10 Å². The summed E-state index contributed by atoms with van der Waals surface area (Å²) in [6.07, 6.45) is 1.24. The number of para-hydroxylation sites is 1. The van der Waals surface area contributed by atoms with Gasteiger partial charge in [0.15, 0.2) is 0 Å². The zero-order valence-corrected chi connectivity index (χ0v) is 12.8. The molecule has 2 rings (SSSR count). The van der Waals surface area contributed by atoms with Gasteiger partial charge in [0.1, 0.15) is 12.4 Å². The minimum atomic E-state index is -0.393. The van der Waals surface area contributed by atoms with Crippen LogP contribution in [0.4, 0.5) is 4.79 Å². The van der Waals surface area contributed by atoms with E-state index in [0.717, 1.165) is 29.7 Å². The van der Waals surface area contributed by atoms with Crippen LogP contribution in [0.25, 0.3) is 0 Å². The summed E-state index contributed by atoms with van der Waals surface area (Å²) in [4.78, 5) is 13.6. The van der Waals surface area contributed by atoms with Crippen molar-refractivity contribution in [1.29, 1.82) is 0 Å². The molecular formula is C16H24N2O3. The molecule has 1 unspecified atom stereocenters. The lowest BCUT2D eigenvalue weighted by molar-refractivity contribution is 0.0840. The molecule has 0 saturated carbocycles. The third-order valence-corrected chi connectivity index (χ3v) is 3.72. The van der Waals surface area contributed by atoms with E-state index in [-0.39, 0.29) is 6.03 Å². The van der Waals surface area contributed by atoms with Crippen LogP contribution in [-0.4, -0.2) is 48.4 Å². The van der Waals surface area contributed by atoms with Gasteiger partial charge in [-0.25, -0.2) is 4.79 Å². The van der Waals surface area contributed by atoms with Crippen LogP contribution in [0.1, 0.15) is 24.0 Å². The summed E-state index contributed by atoms with van der Waals surface area (Å²) in [6, 6.07) is 5.89. The van der Waals surface area contributed by atoms with Gasteiger partial charge in [-0.15, -0.1) is 0 Å². The van der Waals surface area contributed by atoms with Crippen molar-refractivity contribution in [1.82, 2.24) is 10.2 Å². The van der Waals surface area contributed by atoms with Crippen molar-refractivity contribution in [2.24, 2.45) is 0 Å². The van der Waals surface area contributed by atoms with Gasteiger partial charge >= 0.3 is 6.03 Å². The van der Waals surface area contributed by atoms with E-state index in [1.165, 1.54) is 0 Å². The van der Waals surface area contributed by atoms with Gasteiger partial charge in [-0.2, -0.15) is 0 Å². The van der Waals surface area contributed by atoms with Gasteiger partial charge in [-0.3, -0.25) is 0 Å². The average Bonchev–Trinajstić information content (AvgIpc) is 2.45. The number of aryl methyl sites for hydroxylation is 2. The standard InChI is InChI=1S/C16H24N2O3/c1-12-5-3-6-13(2)15(12)21-10-8-17-16(20)18-9-4-7-14(19)11-18/h3,5-6,14,19H,4,7-11H2,1-2H3,(H,17,20). The number of rotatable bonds is 4. The molecule has 2 N–H and O–H groups in total. The first-order valence-corrected chi connectivity index (χ1v) is 7.48. The number of β-amino-alcohol motifs (C(OH)–C–C–N with tert-alkyl or cyclic N) is 1. The predicted octanol–water partition coefficient (Wildman–Crippen LogP) is 1.85. The SMILES string of the molecule is Cc1cccc(C)c1OCCNC(=O)N1CCCC(O)C1.